The Kier molecular flexibility index (Phi) is 4.66. The Morgan fingerprint density at radius 2 is 2.22 bits per heavy atom. The second-order valence-electron chi connectivity index (χ2n) is 4.93. The predicted molar refractivity (Wildman–Crippen MR) is 60.3 cm³/mol. The molecule has 106 valence electrons. The van der Waals surface area contributed by atoms with Crippen molar-refractivity contribution in [3.8, 4) is 0 Å². The van der Waals surface area contributed by atoms with Crippen molar-refractivity contribution in [2.75, 3.05) is 13.2 Å². The van der Waals surface area contributed by atoms with Crippen molar-refractivity contribution in [3.63, 3.8) is 0 Å². The van der Waals surface area contributed by atoms with E-state index in [9.17, 15) is 18.7 Å². The summed E-state index contributed by atoms with van der Waals surface area (Å²) in [6.45, 7) is 4.94. The van der Waals surface area contributed by atoms with E-state index in [1.54, 1.807) is 0 Å². The molecular formula is C12H20F2O4. The fraction of sp³-hybridized carbons (Fsp3) is 0.917. The highest BCUT2D eigenvalue weighted by Gasteiger charge is 2.61. The molecule has 18 heavy (non-hydrogen) atoms. The number of rotatable bonds is 4. The molecule has 1 aliphatic heterocycles. The Labute approximate surface area is 105 Å². The maximum Gasteiger partial charge on any atom is 0.380 e. The molecule has 0 aliphatic carbocycles. The summed E-state index contributed by atoms with van der Waals surface area (Å²) in [5.41, 5.74) is -2.38. The summed E-state index contributed by atoms with van der Waals surface area (Å²) in [6.07, 6.45) is -1.03. The summed E-state index contributed by atoms with van der Waals surface area (Å²) < 4.78 is 37.5. The molecule has 0 bridgehead atoms. The summed E-state index contributed by atoms with van der Waals surface area (Å²) in [5.74, 6) is -5.58. The van der Waals surface area contributed by atoms with Gasteiger partial charge in [-0.1, -0.05) is 13.8 Å². The van der Waals surface area contributed by atoms with Crippen LogP contribution in [-0.2, 0) is 14.3 Å². The molecule has 1 N–H and O–H groups in total. The Morgan fingerprint density at radius 3 is 2.72 bits per heavy atom. The van der Waals surface area contributed by atoms with E-state index in [2.05, 4.69) is 4.74 Å². The van der Waals surface area contributed by atoms with E-state index in [-0.39, 0.29) is 32.0 Å². The van der Waals surface area contributed by atoms with Gasteiger partial charge in [0.05, 0.1) is 12.7 Å². The van der Waals surface area contributed by atoms with Crippen LogP contribution in [-0.4, -0.2) is 41.9 Å². The van der Waals surface area contributed by atoms with E-state index in [1.165, 1.54) is 6.92 Å². The third-order valence-corrected chi connectivity index (χ3v) is 3.25. The maximum absolute atomic E-state index is 13.9. The number of alkyl halides is 2. The number of halogens is 2. The molecule has 1 rings (SSSR count). The van der Waals surface area contributed by atoms with Gasteiger partial charge in [0.1, 0.15) is 5.60 Å². The lowest BCUT2D eigenvalue weighted by molar-refractivity contribution is -0.240. The topological polar surface area (TPSA) is 55.8 Å². The SMILES string of the molecule is CCOC(=O)C(F)(F)C1(O)CCOC(C(C)C)C1. The molecule has 0 aromatic carbocycles. The fourth-order valence-corrected chi connectivity index (χ4v) is 2.00. The standard InChI is InChI=1S/C12H20F2O4/c1-4-17-10(15)12(13,14)11(16)5-6-18-9(7-11)8(2)3/h8-9,16H,4-7H2,1-3H3. The predicted octanol–water partition coefficient (Wildman–Crippen LogP) is 1.75. The number of aliphatic hydroxyl groups is 1. The summed E-state index contributed by atoms with van der Waals surface area (Å²) in [6, 6.07) is 0. The molecule has 0 spiro atoms. The molecule has 1 heterocycles. The lowest BCUT2D eigenvalue weighted by Gasteiger charge is -2.41. The van der Waals surface area contributed by atoms with Crippen LogP contribution in [0.2, 0.25) is 0 Å². The van der Waals surface area contributed by atoms with Crippen LogP contribution >= 0.6 is 0 Å². The Balaban J connectivity index is 2.87. The lowest BCUT2D eigenvalue weighted by atomic mass is 9.81. The van der Waals surface area contributed by atoms with Crippen molar-refractivity contribution in [2.24, 2.45) is 5.92 Å². The number of ether oxygens (including phenoxy) is 2. The van der Waals surface area contributed by atoms with Gasteiger partial charge in [0.25, 0.3) is 0 Å². The van der Waals surface area contributed by atoms with Crippen molar-refractivity contribution in [3.05, 3.63) is 0 Å². The third kappa shape index (κ3) is 2.80. The zero-order chi connectivity index (χ0) is 14.0. The maximum atomic E-state index is 13.9. The Hall–Kier alpha value is -0.750. The smallest absolute Gasteiger partial charge is 0.380 e. The first-order chi connectivity index (χ1) is 8.24. The molecule has 1 fully saturated rings. The van der Waals surface area contributed by atoms with Crippen molar-refractivity contribution in [1.82, 2.24) is 0 Å². The van der Waals surface area contributed by atoms with Crippen LogP contribution in [0.1, 0.15) is 33.6 Å². The van der Waals surface area contributed by atoms with Crippen LogP contribution in [0.5, 0.6) is 0 Å². The van der Waals surface area contributed by atoms with Gasteiger partial charge < -0.3 is 14.6 Å². The van der Waals surface area contributed by atoms with Gasteiger partial charge in [-0.05, 0) is 12.8 Å². The van der Waals surface area contributed by atoms with Crippen molar-refractivity contribution < 1.29 is 28.2 Å². The monoisotopic (exact) mass is 266 g/mol. The van der Waals surface area contributed by atoms with Crippen molar-refractivity contribution >= 4 is 5.97 Å². The molecule has 0 radical (unpaired) electrons. The second-order valence-corrected chi connectivity index (χ2v) is 4.93. The minimum Gasteiger partial charge on any atom is -0.461 e. The molecule has 4 nitrogen and oxygen atoms in total. The van der Waals surface area contributed by atoms with Gasteiger partial charge in [0, 0.05) is 19.4 Å². The Bertz CT molecular complexity index is 306. The number of esters is 1. The van der Waals surface area contributed by atoms with Crippen LogP contribution in [0.25, 0.3) is 0 Å². The van der Waals surface area contributed by atoms with Gasteiger partial charge >= 0.3 is 11.9 Å². The minimum atomic E-state index is -3.90. The van der Waals surface area contributed by atoms with Gasteiger partial charge in [0.2, 0.25) is 0 Å². The molecule has 1 saturated heterocycles. The molecule has 0 aromatic heterocycles. The molecule has 1 aliphatic rings. The van der Waals surface area contributed by atoms with Crippen LogP contribution in [0.4, 0.5) is 8.78 Å². The summed E-state index contributed by atoms with van der Waals surface area (Å²) in [7, 11) is 0. The minimum absolute atomic E-state index is 0.00480. The van der Waals surface area contributed by atoms with Gasteiger partial charge in [-0.25, -0.2) is 4.79 Å². The van der Waals surface area contributed by atoms with Gasteiger partial charge in [-0.15, -0.1) is 0 Å². The first-order valence-corrected chi connectivity index (χ1v) is 6.13. The number of carbonyl (C=O) groups excluding carboxylic acids is 1. The molecule has 0 amide bonds. The molecular weight excluding hydrogens is 246 g/mol. The largest absolute Gasteiger partial charge is 0.461 e. The summed E-state index contributed by atoms with van der Waals surface area (Å²) in [4.78, 5) is 11.3. The van der Waals surface area contributed by atoms with E-state index in [4.69, 9.17) is 4.74 Å². The van der Waals surface area contributed by atoms with E-state index >= 15 is 0 Å². The fourth-order valence-electron chi connectivity index (χ4n) is 2.00. The molecule has 0 aromatic rings. The highest BCUT2D eigenvalue weighted by Crippen LogP contribution is 2.40. The van der Waals surface area contributed by atoms with E-state index < -0.39 is 23.6 Å². The number of carbonyl (C=O) groups is 1. The molecule has 2 atom stereocenters. The first kappa shape index (κ1) is 15.3. The molecule has 0 saturated carbocycles. The van der Waals surface area contributed by atoms with Gasteiger partial charge in [-0.3, -0.25) is 0 Å². The van der Waals surface area contributed by atoms with Gasteiger partial charge in [-0.2, -0.15) is 8.78 Å². The zero-order valence-corrected chi connectivity index (χ0v) is 10.9. The normalized spacial score (nSPS) is 29.4. The quantitative estimate of drug-likeness (QED) is 0.788. The second kappa shape index (κ2) is 5.48. The van der Waals surface area contributed by atoms with Crippen LogP contribution in [0.3, 0.4) is 0 Å². The summed E-state index contributed by atoms with van der Waals surface area (Å²) >= 11 is 0. The van der Waals surface area contributed by atoms with Crippen molar-refractivity contribution in [1.29, 1.82) is 0 Å². The third-order valence-electron chi connectivity index (χ3n) is 3.25. The van der Waals surface area contributed by atoms with Crippen LogP contribution in [0.15, 0.2) is 0 Å². The van der Waals surface area contributed by atoms with E-state index in [1.807, 2.05) is 13.8 Å². The van der Waals surface area contributed by atoms with E-state index in [0.717, 1.165) is 0 Å². The first-order valence-electron chi connectivity index (χ1n) is 6.13. The van der Waals surface area contributed by atoms with Crippen LogP contribution in [0, 0.1) is 5.92 Å². The number of hydrogen-bond donors (Lipinski definition) is 1. The highest BCUT2D eigenvalue weighted by atomic mass is 19.3. The molecule has 6 heteroatoms. The average molecular weight is 266 g/mol. The lowest BCUT2D eigenvalue weighted by Crippen LogP contribution is -2.58. The van der Waals surface area contributed by atoms with E-state index in [0.29, 0.717) is 0 Å². The average Bonchev–Trinajstić information content (AvgIpc) is 2.29. The Morgan fingerprint density at radius 1 is 1.61 bits per heavy atom. The van der Waals surface area contributed by atoms with Gasteiger partial charge in [0.15, 0.2) is 0 Å². The number of hydrogen-bond acceptors (Lipinski definition) is 4. The zero-order valence-electron chi connectivity index (χ0n) is 10.9. The van der Waals surface area contributed by atoms with Crippen LogP contribution < -0.4 is 0 Å². The summed E-state index contributed by atoms with van der Waals surface area (Å²) in [5, 5.41) is 10.1. The highest BCUT2D eigenvalue weighted by molar-refractivity contribution is 5.79. The van der Waals surface area contributed by atoms with Crippen molar-refractivity contribution in [2.45, 2.75) is 51.2 Å². The molecule has 2 unspecified atom stereocenters.